The van der Waals surface area contributed by atoms with Gasteiger partial charge in [-0.25, -0.2) is 0 Å². The van der Waals surface area contributed by atoms with E-state index in [1.807, 2.05) is 32.0 Å². The van der Waals surface area contributed by atoms with Gasteiger partial charge in [0, 0.05) is 0 Å². The fourth-order valence-corrected chi connectivity index (χ4v) is 1.28. The highest BCUT2D eigenvalue weighted by atomic mass is 19.4. The van der Waals surface area contributed by atoms with Crippen molar-refractivity contribution in [1.82, 2.24) is 0 Å². The van der Waals surface area contributed by atoms with Gasteiger partial charge in [0.25, 0.3) is 0 Å². The van der Waals surface area contributed by atoms with Crippen LogP contribution in [0.3, 0.4) is 0 Å². The van der Waals surface area contributed by atoms with E-state index in [0.717, 1.165) is 11.1 Å². The molecule has 0 aliphatic rings. The van der Waals surface area contributed by atoms with Gasteiger partial charge in [-0.3, -0.25) is 0 Å². The van der Waals surface area contributed by atoms with Gasteiger partial charge >= 0.3 is 6.18 Å². The Morgan fingerprint density at radius 3 is 2.19 bits per heavy atom. The van der Waals surface area contributed by atoms with Gasteiger partial charge in [0.05, 0.1) is 0 Å². The van der Waals surface area contributed by atoms with Crippen molar-refractivity contribution in [3.05, 3.63) is 29.3 Å². The fourth-order valence-electron chi connectivity index (χ4n) is 1.28. The molecule has 0 amide bonds. The molecule has 0 N–H and O–H groups in total. The highest BCUT2D eigenvalue weighted by molar-refractivity contribution is 5.39. The molecular formula is C11H13F3O2. The van der Waals surface area contributed by atoms with Crippen LogP contribution in [0.5, 0.6) is 5.75 Å². The normalized spacial score (nSPS) is 11.6. The van der Waals surface area contributed by atoms with Crippen LogP contribution in [0.15, 0.2) is 18.2 Å². The Bertz CT molecular complexity index is 327. The first kappa shape index (κ1) is 12.8. The van der Waals surface area contributed by atoms with Crippen molar-refractivity contribution in [2.75, 3.05) is 13.4 Å². The smallest absolute Gasteiger partial charge is 0.411 e. The lowest BCUT2D eigenvalue weighted by atomic mass is 10.1. The zero-order chi connectivity index (χ0) is 12.2. The van der Waals surface area contributed by atoms with E-state index in [4.69, 9.17) is 4.74 Å². The van der Waals surface area contributed by atoms with Crippen LogP contribution in [0.25, 0.3) is 0 Å². The van der Waals surface area contributed by atoms with Crippen LogP contribution in [-0.2, 0) is 4.74 Å². The molecule has 1 aromatic carbocycles. The van der Waals surface area contributed by atoms with Crippen molar-refractivity contribution in [3.63, 3.8) is 0 Å². The summed E-state index contributed by atoms with van der Waals surface area (Å²) in [5.41, 5.74) is 1.74. The van der Waals surface area contributed by atoms with Gasteiger partial charge in [0.2, 0.25) is 0 Å². The summed E-state index contributed by atoms with van der Waals surface area (Å²) in [6.45, 7) is 1.96. The van der Waals surface area contributed by atoms with E-state index in [-0.39, 0.29) is 0 Å². The molecule has 0 aliphatic heterocycles. The molecule has 0 aliphatic carbocycles. The van der Waals surface area contributed by atoms with Gasteiger partial charge in [-0.1, -0.05) is 18.2 Å². The first-order valence-electron chi connectivity index (χ1n) is 4.73. The van der Waals surface area contributed by atoms with Crippen molar-refractivity contribution in [3.8, 4) is 5.75 Å². The van der Waals surface area contributed by atoms with Gasteiger partial charge in [0.15, 0.2) is 6.79 Å². The Morgan fingerprint density at radius 2 is 1.69 bits per heavy atom. The van der Waals surface area contributed by atoms with E-state index in [9.17, 15) is 13.2 Å². The maximum Gasteiger partial charge on any atom is 0.411 e. The van der Waals surface area contributed by atoms with Crippen molar-refractivity contribution < 1.29 is 22.6 Å². The Balaban J connectivity index is 2.43. The molecule has 0 bridgehead atoms. The highest BCUT2D eigenvalue weighted by Gasteiger charge is 2.27. The Hall–Kier alpha value is -1.23. The number of ether oxygens (including phenoxy) is 2. The second-order valence-electron chi connectivity index (χ2n) is 3.45. The number of halogens is 3. The van der Waals surface area contributed by atoms with Crippen LogP contribution < -0.4 is 4.74 Å². The van der Waals surface area contributed by atoms with Crippen LogP contribution >= 0.6 is 0 Å². The number of hydrogen-bond acceptors (Lipinski definition) is 2. The molecule has 0 unspecified atom stereocenters. The minimum atomic E-state index is -4.32. The minimum absolute atomic E-state index is 0.398. The molecule has 0 fully saturated rings. The molecular weight excluding hydrogens is 221 g/mol. The molecule has 0 saturated heterocycles. The van der Waals surface area contributed by atoms with E-state index in [1.165, 1.54) is 0 Å². The second-order valence-corrected chi connectivity index (χ2v) is 3.45. The highest BCUT2D eigenvalue weighted by Crippen LogP contribution is 2.22. The fraction of sp³-hybridized carbons (Fsp3) is 0.455. The average molecular weight is 234 g/mol. The number of benzene rings is 1. The molecule has 0 spiro atoms. The van der Waals surface area contributed by atoms with E-state index in [1.54, 1.807) is 0 Å². The molecule has 0 saturated carbocycles. The van der Waals surface area contributed by atoms with Crippen LogP contribution in [0.1, 0.15) is 11.1 Å². The quantitative estimate of drug-likeness (QED) is 0.588. The van der Waals surface area contributed by atoms with Crippen LogP contribution in [0.2, 0.25) is 0 Å². The van der Waals surface area contributed by atoms with E-state index in [0.29, 0.717) is 5.75 Å². The Labute approximate surface area is 92.0 Å². The van der Waals surface area contributed by atoms with Crippen LogP contribution in [0.4, 0.5) is 13.2 Å². The Morgan fingerprint density at radius 1 is 1.12 bits per heavy atom. The maximum atomic E-state index is 11.8. The summed E-state index contributed by atoms with van der Waals surface area (Å²) in [5.74, 6) is 0.574. The summed E-state index contributed by atoms with van der Waals surface area (Å²) in [5, 5.41) is 0. The molecule has 1 rings (SSSR count). The third kappa shape index (κ3) is 4.10. The maximum absolute atomic E-state index is 11.8. The van der Waals surface area contributed by atoms with Crippen LogP contribution in [0, 0.1) is 13.8 Å². The summed E-state index contributed by atoms with van der Waals surface area (Å²) in [7, 11) is 0. The largest absolute Gasteiger partial charge is 0.467 e. The molecule has 16 heavy (non-hydrogen) atoms. The third-order valence-electron chi connectivity index (χ3n) is 1.96. The zero-order valence-electron chi connectivity index (χ0n) is 9.10. The molecule has 0 radical (unpaired) electrons. The lowest BCUT2D eigenvalue weighted by Crippen LogP contribution is -2.19. The molecule has 0 heterocycles. The molecule has 5 heteroatoms. The zero-order valence-corrected chi connectivity index (χ0v) is 9.10. The summed E-state index contributed by atoms with van der Waals surface area (Å²) < 4.78 is 44.8. The Kier molecular flexibility index (Phi) is 4.18. The topological polar surface area (TPSA) is 18.5 Å². The predicted molar refractivity (Wildman–Crippen MR) is 53.4 cm³/mol. The molecule has 90 valence electrons. The number of aryl methyl sites for hydroxylation is 2. The minimum Gasteiger partial charge on any atom is -0.467 e. The molecule has 0 atom stereocenters. The van der Waals surface area contributed by atoms with E-state index < -0.39 is 19.6 Å². The average Bonchev–Trinajstić information content (AvgIpc) is 2.14. The van der Waals surface area contributed by atoms with E-state index in [2.05, 4.69) is 4.74 Å². The van der Waals surface area contributed by atoms with Crippen LogP contribution in [-0.4, -0.2) is 19.6 Å². The van der Waals surface area contributed by atoms with Crippen molar-refractivity contribution in [2.45, 2.75) is 20.0 Å². The lowest BCUT2D eigenvalue weighted by molar-refractivity contribution is -0.186. The molecule has 2 nitrogen and oxygen atoms in total. The first-order valence-corrected chi connectivity index (χ1v) is 4.73. The predicted octanol–water partition coefficient (Wildman–Crippen LogP) is 3.22. The van der Waals surface area contributed by atoms with Gasteiger partial charge in [0.1, 0.15) is 12.4 Å². The third-order valence-corrected chi connectivity index (χ3v) is 1.96. The number of rotatable bonds is 4. The number of para-hydroxylation sites is 1. The van der Waals surface area contributed by atoms with Crippen molar-refractivity contribution in [2.24, 2.45) is 0 Å². The second kappa shape index (κ2) is 5.21. The lowest BCUT2D eigenvalue weighted by Gasteiger charge is -2.12. The van der Waals surface area contributed by atoms with Gasteiger partial charge < -0.3 is 9.47 Å². The molecule has 0 aromatic heterocycles. The van der Waals surface area contributed by atoms with Gasteiger partial charge in [-0.05, 0) is 25.0 Å². The first-order chi connectivity index (χ1) is 7.40. The van der Waals surface area contributed by atoms with Crippen molar-refractivity contribution >= 4 is 0 Å². The van der Waals surface area contributed by atoms with E-state index >= 15 is 0 Å². The standard InChI is InChI=1S/C11H13F3O2/c1-8-4-3-5-9(2)10(8)16-7-15-6-11(12,13)14/h3-5H,6-7H2,1-2H3. The van der Waals surface area contributed by atoms with Gasteiger partial charge in [-0.2, -0.15) is 13.2 Å². The van der Waals surface area contributed by atoms with Crippen molar-refractivity contribution in [1.29, 1.82) is 0 Å². The summed E-state index contributed by atoms with van der Waals surface area (Å²) in [4.78, 5) is 0. The monoisotopic (exact) mass is 234 g/mol. The van der Waals surface area contributed by atoms with Gasteiger partial charge in [-0.15, -0.1) is 0 Å². The summed E-state index contributed by atoms with van der Waals surface area (Å²) in [6.07, 6.45) is -4.32. The number of hydrogen-bond donors (Lipinski definition) is 0. The molecule has 1 aromatic rings. The SMILES string of the molecule is Cc1cccc(C)c1OCOCC(F)(F)F. The summed E-state index contributed by atoms with van der Waals surface area (Å²) >= 11 is 0. The number of alkyl halides is 3. The summed E-state index contributed by atoms with van der Waals surface area (Å²) in [6, 6.07) is 5.51.